The van der Waals surface area contributed by atoms with Gasteiger partial charge in [-0.3, -0.25) is 9.59 Å². The van der Waals surface area contributed by atoms with Crippen molar-refractivity contribution >= 4 is 23.4 Å². The zero-order chi connectivity index (χ0) is 13.0. The number of ether oxygens (including phenoxy) is 1. The molecule has 5 nitrogen and oxygen atoms in total. The van der Waals surface area contributed by atoms with E-state index in [1.807, 2.05) is 0 Å². The van der Waals surface area contributed by atoms with Gasteiger partial charge in [0.25, 0.3) is 0 Å². The fourth-order valence-corrected chi connectivity index (χ4v) is 1.50. The van der Waals surface area contributed by atoms with Crippen LogP contribution >= 0.6 is 11.6 Å². The Morgan fingerprint density at radius 2 is 2.18 bits per heavy atom. The van der Waals surface area contributed by atoms with Crippen LogP contribution in [0.25, 0.3) is 0 Å². The highest BCUT2D eigenvalue weighted by Gasteiger charge is 2.18. The van der Waals surface area contributed by atoms with Crippen LogP contribution in [-0.4, -0.2) is 30.0 Å². The number of hydrogen-bond acceptors (Lipinski definition) is 4. The third kappa shape index (κ3) is 3.44. The fraction of sp³-hybridized carbons (Fsp3) is 0.273. The van der Waals surface area contributed by atoms with Crippen molar-refractivity contribution in [3.63, 3.8) is 0 Å². The lowest BCUT2D eigenvalue weighted by Crippen LogP contribution is -2.32. The van der Waals surface area contributed by atoms with Crippen LogP contribution < -0.4 is 10.5 Å². The number of benzene rings is 1. The summed E-state index contributed by atoms with van der Waals surface area (Å²) >= 11 is 5.85. The molecule has 0 aliphatic carbocycles. The lowest BCUT2D eigenvalue weighted by atomic mass is 10.0. The van der Waals surface area contributed by atoms with E-state index in [0.717, 1.165) is 0 Å². The Labute approximate surface area is 103 Å². The largest absolute Gasteiger partial charge is 0.495 e. The maximum atomic E-state index is 11.7. The van der Waals surface area contributed by atoms with Gasteiger partial charge in [0.2, 0.25) is 0 Å². The van der Waals surface area contributed by atoms with Gasteiger partial charge in [0.1, 0.15) is 11.8 Å². The normalized spacial score (nSPS) is 11.9. The summed E-state index contributed by atoms with van der Waals surface area (Å²) < 4.78 is 4.94. The van der Waals surface area contributed by atoms with Crippen molar-refractivity contribution in [2.75, 3.05) is 7.11 Å². The molecule has 1 aromatic carbocycles. The van der Waals surface area contributed by atoms with Gasteiger partial charge < -0.3 is 15.6 Å². The number of carboxylic acid groups (broad SMARTS) is 1. The molecule has 1 atom stereocenters. The number of halogens is 1. The monoisotopic (exact) mass is 257 g/mol. The van der Waals surface area contributed by atoms with Crippen molar-refractivity contribution in [3.05, 3.63) is 28.8 Å². The van der Waals surface area contributed by atoms with Crippen molar-refractivity contribution in [2.24, 2.45) is 5.73 Å². The van der Waals surface area contributed by atoms with E-state index in [1.165, 1.54) is 19.2 Å². The first kappa shape index (κ1) is 13.5. The molecule has 0 saturated carbocycles. The molecule has 0 aliphatic heterocycles. The summed E-state index contributed by atoms with van der Waals surface area (Å²) in [4.78, 5) is 22.2. The molecular weight excluding hydrogens is 246 g/mol. The smallest absolute Gasteiger partial charge is 0.320 e. The van der Waals surface area contributed by atoms with E-state index >= 15 is 0 Å². The Morgan fingerprint density at radius 3 is 2.65 bits per heavy atom. The van der Waals surface area contributed by atoms with Crippen LogP contribution in [0.5, 0.6) is 5.75 Å². The molecule has 0 spiro atoms. The van der Waals surface area contributed by atoms with Gasteiger partial charge in [-0.1, -0.05) is 11.6 Å². The predicted octanol–water partition coefficient (Wildman–Crippen LogP) is 1.33. The lowest BCUT2D eigenvalue weighted by Gasteiger charge is -2.07. The Balaban J connectivity index is 2.83. The molecule has 1 aromatic rings. The van der Waals surface area contributed by atoms with E-state index in [-0.39, 0.29) is 12.2 Å². The van der Waals surface area contributed by atoms with Crippen molar-refractivity contribution in [2.45, 2.75) is 12.5 Å². The lowest BCUT2D eigenvalue weighted by molar-refractivity contribution is -0.138. The second-order valence-electron chi connectivity index (χ2n) is 3.42. The number of nitrogens with two attached hydrogens (primary N) is 1. The highest BCUT2D eigenvalue weighted by molar-refractivity contribution is 6.32. The zero-order valence-electron chi connectivity index (χ0n) is 9.14. The van der Waals surface area contributed by atoms with Crippen molar-refractivity contribution < 1.29 is 19.4 Å². The van der Waals surface area contributed by atoms with Crippen LogP contribution in [0.1, 0.15) is 16.8 Å². The number of hydrogen-bond donors (Lipinski definition) is 2. The Kier molecular flexibility index (Phi) is 4.48. The Hall–Kier alpha value is -1.59. The predicted molar refractivity (Wildman–Crippen MR) is 62.6 cm³/mol. The standard InChI is InChI=1S/C11H12ClNO4/c1-17-10-3-2-6(4-7(10)12)9(14)5-8(13)11(15)16/h2-4,8H,5,13H2,1H3,(H,15,16). The molecule has 0 saturated heterocycles. The van der Waals surface area contributed by atoms with Crippen LogP contribution in [0.4, 0.5) is 0 Å². The van der Waals surface area contributed by atoms with Gasteiger partial charge in [-0.2, -0.15) is 0 Å². The summed E-state index contributed by atoms with van der Waals surface area (Å²) in [5, 5.41) is 8.89. The second kappa shape index (κ2) is 5.65. The highest BCUT2D eigenvalue weighted by atomic mass is 35.5. The quantitative estimate of drug-likeness (QED) is 0.777. The van der Waals surface area contributed by atoms with Crippen molar-refractivity contribution in [3.8, 4) is 5.75 Å². The van der Waals surface area contributed by atoms with Crippen LogP contribution in [0.2, 0.25) is 5.02 Å². The number of carboxylic acids is 1. The van der Waals surface area contributed by atoms with E-state index < -0.39 is 12.0 Å². The van der Waals surface area contributed by atoms with E-state index in [0.29, 0.717) is 16.3 Å². The summed E-state index contributed by atoms with van der Waals surface area (Å²) in [5.74, 6) is -1.13. The van der Waals surface area contributed by atoms with Crippen LogP contribution in [0.15, 0.2) is 18.2 Å². The highest BCUT2D eigenvalue weighted by Crippen LogP contribution is 2.25. The van der Waals surface area contributed by atoms with Gasteiger partial charge in [0.15, 0.2) is 5.78 Å². The molecule has 1 unspecified atom stereocenters. The molecule has 1 rings (SSSR count). The average Bonchev–Trinajstić information content (AvgIpc) is 2.28. The first-order valence-electron chi connectivity index (χ1n) is 4.81. The summed E-state index contributed by atoms with van der Waals surface area (Å²) in [6.45, 7) is 0. The summed E-state index contributed by atoms with van der Waals surface area (Å²) in [6.07, 6.45) is -0.266. The molecule has 0 heterocycles. The number of aliphatic carboxylic acids is 1. The molecule has 0 radical (unpaired) electrons. The Morgan fingerprint density at radius 1 is 1.53 bits per heavy atom. The zero-order valence-corrected chi connectivity index (χ0v) is 9.90. The first-order chi connectivity index (χ1) is 7.95. The molecule has 0 aliphatic rings. The minimum atomic E-state index is -1.21. The molecule has 92 valence electrons. The number of methoxy groups -OCH3 is 1. The first-order valence-corrected chi connectivity index (χ1v) is 5.18. The molecule has 6 heteroatoms. The molecule has 0 fully saturated rings. The maximum absolute atomic E-state index is 11.7. The van der Waals surface area contributed by atoms with Crippen LogP contribution in [0.3, 0.4) is 0 Å². The molecular formula is C11H12ClNO4. The number of carbonyl (C=O) groups is 2. The molecule has 0 amide bonds. The van der Waals surface area contributed by atoms with Gasteiger partial charge in [-0.25, -0.2) is 0 Å². The third-order valence-electron chi connectivity index (χ3n) is 2.20. The van der Waals surface area contributed by atoms with E-state index in [4.69, 9.17) is 27.2 Å². The van der Waals surface area contributed by atoms with Gasteiger partial charge in [0, 0.05) is 12.0 Å². The van der Waals surface area contributed by atoms with Crippen molar-refractivity contribution in [1.29, 1.82) is 0 Å². The average molecular weight is 258 g/mol. The minimum absolute atomic E-state index is 0.266. The van der Waals surface area contributed by atoms with E-state index in [2.05, 4.69) is 0 Å². The Bertz CT molecular complexity index is 447. The van der Waals surface area contributed by atoms with E-state index in [9.17, 15) is 9.59 Å². The number of carbonyl (C=O) groups excluding carboxylic acids is 1. The molecule has 17 heavy (non-hydrogen) atoms. The number of Topliss-reactive ketones (excluding diaryl/α,β-unsaturated/α-hetero) is 1. The van der Waals surface area contributed by atoms with Gasteiger partial charge in [0.05, 0.1) is 12.1 Å². The fourth-order valence-electron chi connectivity index (χ4n) is 1.24. The number of rotatable bonds is 5. The maximum Gasteiger partial charge on any atom is 0.320 e. The summed E-state index contributed by atoms with van der Waals surface area (Å²) in [7, 11) is 1.46. The second-order valence-corrected chi connectivity index (χ2v) is 3.83. The SMILES string of the molecule is COc1ccc(C(=O)CC(N)C(=O)O)cc1Cl. The van der Waals surface area contributed by atoms with E-state index in [1.54, 1.807) is 6.07 Å². The number of ketones is 1. The van der Waals surface area contributed by atoms with Gasteiger partial charge in [-0.15, -0.1) is 0 Å². The topological polar surface area (TPSA) is 89.6 Å². The van der Waals surface area contributed by atoms with Gasteiger partial charge >= 0.3 is 5.97 Å². The van der Waals surface area contributed by atoms with Crippen molar-refractivity contribution in [1.82, 2.24) is 0 Å². The van der Waals surface area contributed by atoms with Crippen LogP contribution in [0, 0.1) is 0 Å². The molecule has 0 bridgehead atoms. The third-order valence-corrected chi connectivity index (χ3v) is 2.49. The van der Waals surface area contributed by atoms with Gasteiger partial charge in [-0.05, 0) is 18.2 Å². The summed E-state index contributed by atoms with van der Waals surface area (Å²) in [6, 6.07) is 3.28. The summed E-state index contributed by atoms with van der Waals surface area (Å²) in [5.41, 5.74) is 5.58. The van der Waals surface area contributed by atoms with Crippen LogP contribution in [-0.2, 0) is 4.79 Å². The molecule has 0 aromatic heterocycles. The molecule has 3 N–H and O–H groups in total. The minimum Gasteiger partial charge on any atom is -0.495 e.